The Hall–Kier alpha value is -2.17. The molecule has 1 saturated carbocycles. The summed E-state index contributed by atoms with van der Waals surface area (Å²) in [5.74, 6) is 2.99. The van der Waals surface area contributed by atoms with Crippen LogP contribution in [0.2, 0.25) is 0 Å². The molecule has 5 nitrogen and oxygen atoms in total. The van der Waals surface area contributed by atoms with Crippen molar-refractivity contribution in [2.24, 2.45) is 5.92 Å². The lowest BCUT2D eigenvalue weighted by molar-refractivity contribution is -0.135. The van der Waals surface area contributed by atoms with E-state index in [1.807, 2.05) is 13.0 Å². The molecular formula is C21H28N4O. The summed E-state index contributed by atoms with van der Waals surface area (Å²) in [6.45, 7) is 3.56. The highest BCUT2D eigenvalue weighted by Gasteiger charge is 2.36. The molecule has 1 aliphatic carbocycles. The molecule has 0 spiro atoms. The number of carbonyl (C=O) groups excluding carboxylic acids is 1. The minimum absolute atomic E-state index is 0.0287. The lowest BCUT2D eigenvalue weighted by Gasteiger charge is -2.35. The summed E-state index contributed by atoms with van der Waals surface area (Å²) >= 11 is 0. The van der Waals surface area contributed by atoms with E-state index in [1.54, 1.807) is 0 Å². The van der Waals surface area contributed by atoms with Crippen molar-refractivity contribution >= 4 is 5.91 Å². The van der Waals surface area contributed by atoms with Gasteiger partial charge in [-0.25, -0.2) is 4.98 Å². The van der Waals surface area contributed by atoms with Gasteiger partial charge in [0.15, 0.2) is 5.82 Å². The molecule has 1 aromatic heterocycles. The van der Waals surface area contributed by atoms with Gasteiger partial charge in [-0.15, -0.1) is 0 Å². The van der Waals surface area contributed by atoms with E-state index < -0.39 is 0 Å². The Kier molecular flexibility index (Phi) is 5.05. The molecule has 0 unspecified atom stereocenters. The maximum Gasteiger partial charge on any atom is 0.230 e. The molecule has 0 bridgehead atoms. The topological polar surface area (TPSA) is 61.9 Å². The number of carbonyl (C=O) groups is 1. The van der Waals surface area contributed by atoms with Crippen LogP contribution in [0.4, 0.5) is 0 Å². The van der Waals surface area contributed by atoms with Crippen molar-refractivity contribution in [3.05, 3.63) is 47.5 Å². The Morgan fingerprint density at radius 2 is 1.81 bits per heavy atom. The zero-order valence-corrected chi connectivity index (χ0v) is 15.5. The molecule has 1 amide bonds. The van der Waals surface area contributed by atoms with Crippen molar-refractivity contribution in [2.45, 2.75) is 57.3 Å². The highest BCUT2D eigenvalue weighted by Crippen LogP contribution is 2.39. The second-order valence-corrected chi connectivity index (χ2v) is 7.81. The highest BCUT2D eigenvalue weighted by atomic mass is 16.2. The van der Waals surface area contributed by atoms with E-state index in [0.717, 1.165) is 37.6 Å². The van der Waals surface area contributed by atoms with Gasteiger partial charge in [0.1, 0.15) is 5.82 Å². The van der Waals surface area contributed by atoms with Gasteiger partial charge in [0.25, 0.3) is 0 Å². The van der Waals surface area contributed by atoms with Crippen molar-refractivity contribution in [2.75, 3.05) is 13.1 Å². The number of amides is 1. The van der Waals surface area contributed by atoms with Gasteiger partial charge >= 0.3 is 0 Å². The number of benzene rings is 1. The lowest BCUT2D eigenvalue weighted by atomic mass is 9.83. The average Bonchev–Trinajstić information content (AvgIpc) is 3.35. The van der Waals surface area contributed by atoms with Gasteiger partial charge in [-0.3, -0.25) is 9.89 Å². The van der Waals surface area contributed by atoms with E-state index in [2.05, 4.69) is 44.3 Å². The zero-order chi connectivity index (χ0) is 17.9. The molecular weight excluding hydrogens is 324 g/mol. The fourth-order valence-electron chi connectivity index (χ4n) is 4.66. The van der Waals surface area contributed by atoms with Crippen LogP contribution in [0.15, 0.2) is 30.3 Å². The number of aromatic amines is 1. The van der Waals surface area contributed by atoms with Crippen molar-refractivity contribution in [1.82, 2.24) is 20.1 Å². The molecule has 2 aromatic rings. The van der Waals surface area contributed by atoms with E-state index in [1.165, 1.54) is 31.2 Å². The van der Waals surface area contributed by atoms with Gasteiger partial charge in [0.2, 0.25) is 5.91 Å². The van der Waals surface area contributed by atoms with Gasteiger partial charge in [-0.2, -0.15) is 5.10 Å². The Morgan fingerprint density at radius 3 is 2.42 bits per heavy atom. The number of piperidine rings is 1. The molecule has 1 N–H and O–H groups in total. The fraction of sp³-hybridized carbons (Fsp3) is 0.571. The van der Waals surface area contributed by atoms with E-state index in [0.29, 0.717) is 17.7 Å². The molecule has 4 rings (SSSR count). The number of hydrogen-bond acceptors (Lipinski definition) is 3. The van der Waals surface area contributed by atoms with Gasteiger partial charge in [0.05, 0.1) is 5.92 Å². The van der Waals surface area contributed by atoms with E-state index >= 15 is 0 Å². The highest BCUT2D eigenvalue weighted by molar-refractivity contribution is 5.84. The third-order valence-corrected chi connectivity index (χ3v) is 6.08. The monoisotopic (exact) mass is 352 g/mol. The molecule has 1 aliphatic heterocycles. The SMILES string of the molecule is Cc1nc(C2CCN(C(=O)[C@@H](c3ccccc3)C3CCCC3)CC2)n[nH]1. The van der Waals surface area contributed by atoms with E-state index in [4.69, 9.17) is 0 Å². The summed E-state index contributed by atoms with van der Waals surface area (Å²) in [5.41, 5.74) is 1.19. The minimum atomic E-state index is 0.0287. The van der Waals surface area contributed by atoms with Crippen LogP contribution in [0.3, 0.4) is 0 Å². The van der Waals surface area contributed by atoms with Crippen molar-refractivity contribution < 1.29 is 4.79 Å². The van der Waals surface area contributed by atoms with Crippen molar-refractivity contribution in [1.29, 1.82) is 0 Å². The number of rotatable bonds is 4. The molecule has 26 heavy (non-hydrogen) atoms. The fourth-order valence-corrected chi connectivity index (χ4v) is 4.66. The van der Waals surface area contributed by atoms with E-state index in [9.17, 15) is 4.79 Å². The molecule has 2 aliphatic rings. The molecule has 2 heterocycles. The summed E-state index contributed by atoms with van der Waals surface area (Å²) in [7, 11) is 0. The van der Waals surface area contributed by atoms with Gasteiger partial charge in [-0.1, -0.05) is 43.2 Å². The van der Waals surface area contributed by atoms with Gasteiger partial charge < -0.3 is 4.90 Å². The standard InChI is InChI=1S/C21H28N4O/c1-15-22-20(24-23-15)18-11-13-25(14-12-18)21(26)19(17-9-5-6-10-17)16-7-3-2-4-8-16/h2-4,7-8,17-19H,5-6,9-14H2,1H3,(H,22,23,24)/t19-/m0/s1. The Bertz CT molecular complexity index is 727. The molecule has 138 valence electrons. The Morgan fingerprint density at radius 1 is 1.12 bits per heavy atom. The normalized spacial score (nSPS) is 20.4. The summed E-state index contributed by atoms with van der Waals surface area (Å²) in [4.78, 5) is 20.0. The van der Waals surface area contributed by atoms with Crippen LogP contribution in [-0.2, 0) is 4.79 Å². The van der Waals surface area contributed by atoms with Gasteiger partial charge in [-0.05, 0) is 44.1 Å². The second kappa shape index (κ2) is 7.60. The Labute approximate surface area is 155 Å². The van der Waals surface area contributed by atoms with Crippen LogP contribution < -0.4 is 0 Å². The first kappa shape index (κ1) is 17.3. The largest absolute Gasteiger partial charge is 0.342 e. The zero-order valence-electron chi connectivity index (χ0n) is 15.5. The minimum Gasteiger partial charge on any atom is -0.342 e. The van der Waals surface area contributed by atoms with Gasteiger partial charge in [0, 0.05) is 19.0 Å². The smallest absolute Gasteiger partial charge is 0.230 e. The van der Waals surface area contributed by atoms with Crippen LogP contribution in [0.5, 0.6) is 0 Å². The second-order valence-electron chi connectivity index (χ2n) is 7.81. The van der Waals surface area contributed by atoms with Crippen LogP contribution in [0.25, 0.3) is 0 Å². The molecule has 5 heteroatoms. The predicted octanol–water partition coefficient (Wildman–Crippen LogP) is 3.79. The number of H-pyrrole nitrogens is 1. The number of hydrogen-bond donors (Lipinski definition) is 1. The lowest BCUT2D eigenvalue weighted by Crippen LogP contribution is -2.42. The summed E-state index contributed by atoms with van der Waals surface area (Å²) < 4.78 is 0. The quantitative estimate of drug-likeness (QED) is 0.910. The number of aryl methyl sites for hydroxylation is 1. The summed E-state index contributed by atoms with van der Waals surface area (Å²) in [6, 6.07) is 10.4. The first-order chi connectivity index (χ1) is 12.7. The maximum absolute atomic E-state index is 13.4. The molecule has 0 radical (unpaired) electrons. The Balaban J connectivity index is 1.46. The maximum atomic E-state index is 13.4. The average molecular weight is 352 g/mol. The number of likely N-dealkylation sites (tertiary alicyclic amines) is 1. The van der Waals surface area contributed by atoms with Crippen LogP contribution in [-0.4, -0.2) is 39.1 Å². The third-order valence-electron chi connectivity index (χ3n) is 6.08. The van der Waals surface area contributed by atoms with Crippen LogP contribution in [0, 0.1) is 12.8 Å². The molecule has 1 atom stereocenters. The summed E-state index contributed by atoms with van der Waals surface area (Å²) in [5, 5.41) is 7.25. The van der Waals surface area contributed by atoms with Crippen LogP contribution >= 0.6 is 0 Å². The third kappa shape index (κ3) is 3.53. The molecule has 1 aromatic carbocycles. The number of nitrogens with zero attached hydrogens (tertiary/aromatic N) is 3. The van der Waals surface area contributed by atoms with E-state index in [-0.39, 0.29) is 5.92 Å². The number of nitrogens with one attached hydrogen (secondary N) is 1. The first-order valence-electron chi connectivity index (χ1n) is 9.95. The molecule has 1 saturated heterocycles. The molecule has 2 fully saturated rings. The number of aromatic nitrogens is 3. The predicted molar refractivity (Wildman–Crippen MR) is 101 cm³/mol. The van der Waals surface area contributed by atoms with Crippen LogP contribution in [0.1, 0.15) is 67.6 Å². The van der Waals surface area contributed by atoms with Crippen molar-refractivity contribution in [3.8, 4) is 0 Å². The first-order valence-corrected chi connectivity index (χ1v) is 9.95. The summed E-state index contributed by atoms with van der Waals surface area (Å²) in [6.07, 6.45) is 6.78. The van der Waals surface area contributed by atoms with Crippen molar-refractivity contribution in [3.63, 3.8) is 0 Å².